The molecule has 3 aromatic rings. The maximum Gasteiger partial charge on any atom is 0.243 e. The lowest BCUT2D eigenvalue weighted by atomic mass is 10.1. The number of hydrogen-bond donors (Lipinski definition) is 3. The van der Waals surface area contributed by atoms with Crippen LogP contribution in [0.3, 0.4) is 0 Å². The molecule has 1 saturated heterocycles. The van der Waals surface area contributed by atoms with Crippen LogP contribution >= 0.6 is 23.2 Å². The van der Waals surface area contributed by atoms with Gasteiger partial charge in [0.1, 0.15) is 23.1 Å². The summed E-state index contributed by atoms with van der Waals surface area (Å²) in [4.78, 5) is 21.4. The van der Waals surface area contributed by atoms with Gasteiger partial charge in [0.05, 0.1) is 55.3 Å². The fourth-order valence-electron chi connectivity index (χ4n) is 4.43. The number of carbonyl (C=O) groups is 1. The highest BCUT2D eigenvalue weighted by Crippen LogP contribution is 2.46. The third kappa shape index (κ3) is 5.45. The van der Waals surface area contributed by atoms with E-state index in [1.54, 1.807) is 12.3 Å². The van der Waals surface area contributed by atoms with E-state index in [0.29, 0.717) is 63.6 Å². The van der Waals surface area contributed by atoms with Gasteiger partial charge in [0.15, 0.2) is 0 Å². The van der Waals surface area contributed by atoms with Crippen LogP contribution in [0.25, 0.3) is 22.0 Å². The molecule has 2 fully saturated rings. The van der Waals surface area contributed by atoms with Gasteiger partial charge in [-0.25, -0.2) is 9.97 Å². The number of amides is 1. The van der Waals surface area contributed by atoms with Crippen molar-refractivity contribution in [3.8, 4) is 22.8 Å². The molecule has 1 aliphatic heterocycles. The number of hydrogen-bond acceptors (Lipinski definition) is 8. The summed E-state index contributed by atoms with van der Waals surface area (Å²) in [7, 11) is 3.08. The number of nitrogens with one attached hydrogen (secondary N) is 3. The predicted octanol–water partition coefficient (Wildman–Crippen LogP) is 4.92. The van der Waals surface area contributed by atoms with E-state index in [0.717, 1.165) is 17.3 Å². The standard InChI is InChI=1S/C27H29Cl2N5O4/c1-4-23(35)33-19-13-38-12-18(19)32-22-8-16-15(11-30-22)7-17(34-27(16)31-10-14-5-6-14)24-25(28)20(36-2)9-21(37-3)26(24)29/h4,7-9,11,14,18-19H,1,5-6,10,12-13H2,2-3H3,(H,30,32)(H,31,34)(H,33,35)/t18-,19+/m1/s1. The van der Waals surface area contributed by atoms with Crippen molar-refractivity contribution in [1.29, 1.82) is 0 Å². The van der Waals surface area contributed by atoms with Gasteiger partial charge in [0.25, 0.3) is 0 Å². The predicted molar refractivity (Wildman–Crippen MR) is 150 cm³/mol. The third-order valence-corrected chi connectivity index (χ3v) is 7.48. The minimum atomic E-state index is -0.242. The van der Waals surface area contributed by atoms with Crippen molar-refractivity contribution in [2.75, 3.05) is 44.6 Å². The number of carbonyl (C=O) groups excluding carboxylic acids is 1. The maximum atomic E-state index is 11.8. The average molecular weight is 558 g/mol. The molecule has 1 saturated carbocycles. The Bertz CT molecular complexity index is 1350. The smallest absolute Gasteiger partial charge is 0.243 e. The van der Waals surface area contributed by atoms with E-state index in [9.17, 15) is 4.79 Å². The van der Waals surface area contributed by atoms with Crippen molar-refractivity contribution in [2.45, 2.75) is 24.9 Å². The van der Waals surface area contributed by atoms with E-state index in [2.05, 4.69) is 27.5 Å². The number of benzene rings is 1. The van der Waals surface area contributed by atoms with E-state index in [-0.39, 0.29) is 18.0 Å². The molecule has 1 aliphatic carbocycles. The van der Waals surface area contributed by atoms with Crippen LogP contribution in [0.15, 0.2) is 37.1 Å². The van der Waals surface area contributed by atoms with Gasteiger partial charge >= 0.3 is 0 Å². The van der Waals surface area contributed by atoms with Crippen molar-refractivity contribution >= 4 is 51.5 Å². The van der Waals surface area contributed by atoms with Gasteiger partial charge in [-0.15, -0.1) is 0 Å². The number of methoxy groups -OCH3 is 2. The zero-order valence-electron chi connectivity index (χ0n) is 21.1. The Morgan fingerprint density at radius 3 is 2.50 bits per heavy atom. The molecule has 0 unspecified atom stereocenters. The number of aromatic nitrogens is 2. The van der Waals surface area contributed by atoms with Crippen LogP contribution in [-0.4, -0.2) is 61.9 Å². The second kappa shape index (κ2) is 11.2. The van der Waals surface area contributed by atoms with Gasteiger partial charge in [-0.05, 0) is 37.0 Å². The van der Waals surface area contributed by atoms with Crippen LogP contribution in [-0.2, 0) is 9.53 Å². The van der Waals surface area contributed by atoms with Crippen molar-refractivity contribution in [2.24, 2.45) is 5.92 Å². The summed E-state index contributed by atoms with van der Waals surface area (Å²) in [5.74, 6) is 2.60. The second-order valence-electron chi connectivity index (χ2n) is 9.36. The summed E-state index contributed by atoms with van der Waals surface area (Å²) in [6, 6.07) is 5.16. The molecular formula is C27H29Cl2N5O4. The average Bonchev–Trinajstić information content (AvgIpc) is 3.66. The summed E-state index contributed by atoms with van der Waals surface area (Å²) in [6.07, 6.45) is 5.42. The fourth-order valence-corrected chi connectivity index (χ4v) is 5.13. The SMILES string of the molecule is C=CC(=O)N[C@H]1COC[C@H]1Nc1cc2c(NCC3CC3)nc(-c3c(Cl)c(OC)cc(OC)c3Cl)cc2cn1. The highest BCUT2D eigenvalue weighted by atomic mass is 35.5. The van der Waals surface area contributed by atoms with Crippen molar-refractivity contribution in [1.82, 2.24) is 15.3 Å². The van der Waals surface area contributed by atoms with Crippen molar-refractivity contribution in [3.63, 3.8) is 0 Å². The van der Waals surface area contributed by atoms with E-state index < -0.39 is 0 Å². The molecule has 200 valence electrons. The number of anilines is 2. The summed E-state index contributed by atoms with van der Waals surface area (Å²) >= 11 is 13.4. The Balaban J connectivity index is 1.54. The first-order chi connectivity index (χ1) is 18.4. The molecule has 9 nitrogen and oxygen atoms in total. The lowest BCUT2D eigenvalue weighted by Crippen LogP contribution is -2.45. The highest BCUT2D eigenvalue weighted by molar-refractivity contribution is 6.41. The van der Waals surface area contributed by atoms with Gasteiger partial charge in [-0.1, -0.05) is 29.8 Å². The van der Waals surface area contributed by atoms with Gasteiger partial charge in [0, 0.05) is 35.1 Å². The fraction of sp³-hybridized carbons (Fsp3) is 0.370. The Morgan fingerprint density at radius 2 is 1.84 bits per heavy atom. The summed E-state index contributed by atoms with van der Waals surface area (Å²) in [5.41, 5.74) is 1.09. The number of pyridine rings is 2. The van der Waals surface area contributed by atoms with Crippen LogP contribution in [0.4, 0.5) is 11.6 Å². The van der Waals surface area contributed by atoms with Crippen molar-refractivity contribution in [3.05, 3.63) is 47.1 Å². The largest absolute Gasteiger partial charge is 0.495 e. The van der Waals surface area contributed by atoms with Crippen LogP contribution < -0.4 is 25.4 Å². The maximum absolute atomic E-state index is 11.8. The number of halogens is 2. The van der Waals surface area contributed by atoms with Gasteiger partial charge in [0.2, 0.25) is 5.91 Å². The topological polar surface area (TPSA) is 107 Å². The molecular weight excluding hydrogens is 529 g/mol. The summed E-state index contributed by atoms with van der Waals surface area (Å²) in [5, 5.41) is 12.2. The highest BCUT2D eigenvalue weighted by Gasteiger charge is 2.30. The molecule has 2 aromatic heterocycles. The third-order valence-electron chi connectivity index (χ3n) is 6.73. The Hall–Kier alpha value is -3.27. The second-order valence-corrected chi connectivity index (χ2v) is 10.1. The number of ether oxygens (including phenoxy) is 3. The summed E-state index contributed by atoms with van der Waals surface area (Å²) in [6.45, 7) is 5.19. The zero-order chi connectivity index (χ0) is 26.8. The van der Waals surface area contributed by atoms with E-state index in [4.69, 9.17) is 42.4 Å². The number of nitrogens with zero attached hydrogens (tertiary/aromatic N) is 2. The molecule has 11 heteroatoms. The molecule has 0 spiro atoms. The Morgan fingerprint density at radius 1 is 1.13 bits per heavy atom. The molecule has 3 N–H and O–H groups in total. The molecule has 5 rings (SSSR count). The van der Waals surface area contributed by atoms with Gasteiger partial charge < -0.3 is 30.2 Å². The van der Waals surface area contributed by atoms with Crippen LogP contribution in [0, 0.1) is 5.92 Å². The molecule has 38 heavy (non-hydrogen) atoms. The lowest BCUT2D eigenvalue weighted by Gasteiger charge is -2.21. The first-order valence-corrected chi connectivity index (χ1v) is 13.1. The van der Waals surface area contributed by atoms with E-state index >= 15 is 0 Å². The molecule has 2 aliphatic rings. The van der Waals surface area contributed by atoms with Crippen LogP contribution in [0.5, 0.6) is 11.5 Å². The van der Waals surface area contributed by atoms with Gasteiger partial charge in [-0.3, -0.25) is 4.79 Å². The van der Waals surface area contributed by atoms with E-state index in [1.807, 2.05) is 12.1 Å². The minimum Gasteiger partial charge on any atom is -0.495 e. The minimum absolute atomic E-state index is 0.138. The van der Waals surface area contributed by atoms with E-state index in [1.165, 1.54) is 33.1 Å². The van der Waals surface area contributed by atoms with Gasteiger partial charge in [-0.2, -0.15) is 0 Å². The Labute approximate surface area is 230 Å². The van der Waals surface area contributed by atoms with Crippen molar-refractivity contribution < 1.29 is 19.0 Å². The van der Waals surface area contributed by atoms with Crippen LogP contribution in [0.2, 0.25) is 10.0 Å². The molecule has 0 radical (unpaired) electrons. The first-order valence-electron chi connectivity index (χ1n) is 12.3. The quantitative estimate of drug-likeness (QED) is 0.301. The van der Waals surface area contributed by atoms with Crippen LogP contribution in [0.1, 0.15) is 12.8 Å². The zero-order valence-corrected chi connectivity index (χ0v) is 22.7. The molecule has 0 bridgehead atoms. The monoisotopic (exact) mass is 557 g/mol. The number of fused-ring (bicyclic) bond motifs is 1. The molecule has 1 amide bonds. The Kier molecular flexibility index (Phi) is 7.78. The molecule has 2 atom stereocenters. The molecule has 1 aromatic carbocycles. The first kappa shape index (κ1) is 26.3. The normalized spacial score (nSPS) is 18.7. The number of rotatable bonds is 10. The summed E-state index contributed by atoms with van der Waals surface area (Å²) < 4.78 is 16.5. The molecule has 3 heterocycles. The lowest BCUT2D eigenvalue weighted by molar-refractivity contribution is -0.117.